The highest BCUT2D eigenvalue weighted by molar-refractivity contribution is 5.95. The van der Waals surface area contributed by atoms with Gasteiger partial charge in [0.05, 0.1) is 6.61 Å². The Morgan fingerprint density at radius 1 is 1.53 bits per heavy atom. The molecule has 0 aliphatic heterocycles. The van der Waals surface area contributed by atoms with Crippen molar-refractivity contribution in [3.63, 3.8) is 0 Å². The van der Waals surface area contributed by atoms with Crippen LogP contribution in [0.3, 0.4) is 0 Å². The minimum atomic E-state index is -1.20. The van der Waals surface area contributed by atoms with Crippen molar-refractivity contribution >= 4 is 17.2 Å². The van der Waals surface area contributed by atoms with E-state index in [9.17, 15) is 4.79 Å². The summed E-state index contributed by atoms with van der Waals surface area (Å²) in [5.74, 6) is -1.33. The van der Waals surface area contributed by atoms with Crippen molar-refractivity contribution in [2.24, 2.45) is 0 Å². The monoisotopic (exact) mass is 208 g/mol. The molecule has 2 heterocycles. The summed E-state index contributed by atoms with van der Waals surface area (Å²) in [5, 5.41) is 8.86. The fourth-order valence-corrected chi connectivity index (χ4v) is 1.23. The van der Waals surface area contributed by atoms with Gasteiger partial charge in [-0.25, -0.2) is 14.8 Å². The number of carbonyl (C=O) groups is 1. The number of carboxylic acid groups (broad SMARTS) is 1. The van der Waals surface area contributed by atoms with E-state index >= 15 is 0 Å². The van der Waals surface area contributed by atoms with Crippen LogP contribution in [0.5, 0.6) is 5.75 Å². The highest BCUT2D eigenvalue weighted by Gasteiger charge is 2.22. The topological polar surface area (TPSA) is 85.5 Å². The van der Waals surface area contributed by atoms with E-state index in [2.05, 4.69) is 9.97 Å². The van der Waals surface area contributed by atoms with Gasteiger partial charge in [0.15, 0.2) is 5.52 Å². The van der Waals surface area contributed by atoms with Gasteiger partial charge >= 0.3 is 5.97 Å². The third kappa shape index (κ3) is 1.50. The molecule has 0 saturated heterocycles. The quantitative estimate of drug-likeness (QED) is 0.818. The molecule has 0 spiro atoms. The minimum absolute atomic E-state index is 0.133. The van der Waals surface area contributed by atoms with Crippen molar-refractivity contribution in [1.29, 1.82) is 0 Å². The molecule has 2 aromatic rings. The number of rotatable bonds is 3. The summed E-state index contributed by atoms with van der Waals surface area (Å²) in [6, 6.07) is 0. The average Bonchev–Trinajstić information content (AvgIpc) is 2.58. The first kappa shape index (κ1) is 9.45. The summed E-state index contributed by atoms with van der Waals surface area (Å²) >= 11 is 0. The SMILES string of the molecule is CCOc1c(C(=O)O)oc2nccnc12. The van der Waals surface area contributed by atoms with Gasteiger partial charge in [-0.05, 0) is 6.92 Å². The highest BCUT2D eigenvalue weighted by atomic mass is 16.5. The molecule has 0 radical (unpaired) electrons. The van der Waals surface area contributed by atoms with Crippen molar-refractivity contribution in [3.05, 3.63) is 18.2 Å². The largest absolute Gasteiger partial charge is 0.488 e. The molecule has 0 fully saturated rings. The van der Waals surface area contributed by atoms with Gasteiger partial charge in [0.2, 0.25) is 11.5 Å². The summed E-state index contributed by atoms with van der Waals surface area (Å²) in [4.78, 5) is 18.6. The maximum atomic E-state index is 10.8. The molecule has 0 amide bonds. The van der Waals surface area contributed by atoms with Crippen molar-refractivity contribution in [3.8, 4) is 5.75 Å². The summed E-state index contributed by atoms with van der Waals surface area (Å²) < 4.78 is 10.2. The van der Waals surface area contributed by atoms with Gasteiger partial charge < -0.3 is 14.3 Å². The normalized spacial score (nSPS) is 10.5. The fourth-order valence-electron chi connectivity index (χ4n) is 1.23. The van der Waals surface area contributed by atoms with Crippen LogP contribution in [-0.2, 0) is 0 Å². The predicted octanol–water partition coefficient (Wildman–Crippen LogP) is 1.32. The molecule has 1 N–H and O–H groups in total. The molecule has 0 aliphatic rings. The van der Waals surface area contributed by atoms with E-state index in [-0.39, 0.29) is 17.2 Å². The van der Waals surface area contributed by atoms with E-state index < -0.39 is 5.97 Å². The maximum Gasteiger partial charge on any atom is 0.375 e. The number of furan rings is 1. The number of hydrogen-bond donors (Lipinski definition) is 1. The van der Waals surface area contributed by atoms with E-state index in [1.54, 1.807) is 6.92 Å². The standard InChI is InChI=1S/C9H8N2O4/c1-2-14-6-5-8(11-4-3-10-5)15-7(6)9(12)13/h3-4H,2H2,1H3,(H,12,13). The van der Waals surface area contributed by atoms with Gasteiger partial charge in [-0.1, -0.05) is 0 Å². The molecule has 0 unspecified atom stereocenters. The smallest absolute Gasteiger partial charge is 0.375 e. The summed E-state index contributed by atoms with van der Waals surface area (Å²) in [6.45, 7) is 2.09. The number of hydrogen-bond acceptors (Lipinski definition) is 5. The van der Waals surface area contributed by atoms with Crippen LogP contribution >= 0.6 is 0 Å². The van der Waals surface area contributed by atoms with Gasteiger partial charge in [0, 0.05) is 12.4 Å². The third-order valence-electron chi connectivity index (χ3n) is 1.77. The van der Waals surface area contributed by atoms with Crippen molar-refractivity contribution in [1.82, 2.24) is 9.97 Å². The molecule has 2 aromatic heterocycles. The molecule has 0 bridgehead atoms. The van der Waals surface area contributed by atoms with Gasteiger partial charge in [-0.2, -0.15) is 0 Å². The van der Waals surface area contributed by atoms with Gasteiger partial charge in [-0.3, -0.25) is 0 Å². The molecule has 6 heteroatoms. The first-order valence-electron chi connectivity index (χ1n) is 4.33. The Kier molecular flexibility index (Phi) is 2.24. The molecule has 0 atom stereocenters. The second kappa shape index (κ2) is 3.56. The Labute approximate surface area is 84.5 Å². The summed E-state index contributed by atoms with van der Waals surface area (Å²) in [5.41, 5.74) is 0.495. The van der Waals surface area contributed by atoms with Crippen molar-refractivity contribution in [2.75, 3.05) is 6.61 Å². The number of carboxylic acids is 1. The van der Waals surface area contributed by atoms with Crippen LogP contribution in [0.15, 0.2) is 16.8 Å². The van der Waals surface area contributed by atoms with Gasteiger partial charge in [0.25, 0.3) is 5.76 Å². The molecular weight excluding hydrogens is 200 g/mol. The maximum absolute atomic E-state index is 10.8. The van der Waals surface area contributed by atoms with Crippen LogP contribution < -0.4 is 4.74 Å². The Bertz CT molecular complexity index is 506. The Hall–Kier alpha value is -2.11. The van der Waals surface area contributed by atoms with Crippen LogP contribution in [0.2, 0.25) is 0 Å². The van der Waals surface area contributed by atoms with E-state index in [0.29, 0.717) is 12.1 Å². The van der Waals surface area contributed by atoms with Crippen LogP contribution in [-0.4, -0.2) is 27.7 Å². The second-order valence-corrected chi connectivity index (χ2v) is 2.71. The molecule has 0 saturated carbocycles. The van der Waals surface area contributed by atoms with Crippen LogP contribution in [0, 0.1) is 0 Å². The molecule has 0 aliphatic carbocycles. The number of aromatic carboxylic acids is 1. The fraction of sp³-hybridized carbons (Fsp3) is 0.222. The summed E-state index contributed by atoms with van der Waals surface area (Å²) in [7, 11) is 0. The van der Waals surface area contributed by atoms with Crippen molar-refractivity contribution in [2.45, 2.75) is 6.92 Å². The van der Waals surface area contributed by atoms with E-state index in [0.717, 1.165) is 0 Å². The Morgan fingerprint density at radius 2 is 2.27 bits per heavy atom. The second-order valence-electron chi connectivity index (χ2n) is 2.71. The molecule has 0 aromatic carbocycles. The lowest BCUT2D eigenvalue weighted by Crippen LogP contribution is -1.99. The van der Waals surface area contributed by atoms with E-state index in [1.165, 1.54) is 12.4 Å². The van der Waals surface area contributed by atoms with Crippen LogP contribution in [0.25, 0.3) is 11.2 Å². The molecular formula is C9H8N2O4. The number of fused-ring (bicyclic) bond motifs is 1. The predicted molar refractivity (Wildman–Crippen MR) is 49.9 cm³/mol. The van der Waals surface area contributed by atoms with Gasteiger partial charge in [-0.15, -0.1) is 0 Å². The zero-order valence-electron chi connectivity index (χ0n) is 7.93. The number of nitrogens with zero attached hydrogens (tertiary/aromatic N) is 2. The van der Waals surface area contributed by atoms with Crippen LogP contribution in [0.1, 0.15) is 17.5 Å². The molecule has 15 heavy (non-hydrogen) atoms. The van der Waals surface area contributed by atoms with E-state index in [1.807, 2.05) is 0 Å². The minimum Gasteiger partial charge on any atom is -0.488 e. The third-order valence-corrected chi connectivity index (χ3v) is 1.77. The number of aromatic nitrogens is 2. The molecule has 78 valence electrons. The Morgan fingerprint density at radius 3 is 2.93 bits per heavy atom. The Balaban J connectivity index is 2.68. The zero-order valence-corrected chi connectivity index (χ0v) is 7.93. The molecule has 6 nitrogen and oxygen atoms in total. The summed E-state index contributed by atoms with van der Waals surface area (Å²) in [6.07, 6.45) is 2.87. The first-order valence-corrected chi connectivity index (χ1v) is 4.33. The number of ether oxygens (including phenoxy) is 1. The highest BCUT2D eigenvalue weighted by Crippen LogP contribution is 2.29. The lowest BCUT2D eigenvalue weighted by atomic mass is 10.4. The average molecular weight is 208 g/mol. The van der Waals surface area contributed by atoms with Gasteiger partial charge in [0.1, 0.15) is 0 Å². The van der Waals surface area contributed by atoms with E-state index in [4.69, 9.17) is 14.3 Å². The zero-order chi connectivity index (χ0) is 10.8. The van der Waals surface area contributed by atoms with Crippen molar-refractivity contribution < 1.29 is 19.1 Å². The molecule has 2 rings (SSSR count). The van der Waals surface area contributed by atoms with Crippen LogP contribution in [0.4, 0.5) is 0 Å². The lowest BCUT2D eigenvalue weighted by Gasteiger charge is -1.99. The lowest BCUT2D eigenvalue weighted by molar-refractivity contribution is 0.0658. The first-order chi connectivity index (χ1) is 7.24.